The van der Waals surface area contributed by atoms with Crippen LogP contribution in [0.1, 0.15) is 4.88 Å². The number of benzene rings is 1. The monoisotopic (exact) mass is 375 g/mol. The van der Waals surface area contributed by atoms with Gasteiger partial charge in [0.1, 0.15) is 11.3 Å². The van der Waals surface area contributed by atoms with Crippen molar-refractivity contribution in [3.63, 3.8) is 0 Å². The summed E-state index contributed by atoms with van der Waals surface area (Å²) in [6, 6.07) is 8.74. The zero-order valence-electron chi connectivity index (χ0n) is 14.0. The third kappa shape index (κ3) is 4.31. The number of aromatic nitrogens is 1. The third-order valence-electron chi connectivity index (χ3n) is 3.56. The number of thiophene rings is 1. The molecule has 0 spiro atoms. The molecule has 0 atom stereocenters. The Morgan fingerprint density at radius 3 is 2.76 bits per heavy atom. The number of thiazole rings is 1. The van der Waals surface area contributed by atoms with Gasteiger partial charge < -0.3 is 4.90 Å². The fourth-order valence-electron chi connectivity index (χ4n) is 2.25. The molecule has 0 unspecified atom stereocenters. The lowest BCUT2D eigenvalue weighted by Crippen LogP contribution is -2.35. The van der Waals surface area contributed by atoms with Crippen LogP contribution in [0.25, 0.3) is 16.3 Å². The number of carbonyl (C=O) groups is 1. The number of hydrogen-bond donors (Lipinski definition) is 0. The zero-order chi connectivity index (χ0) is 17.8. The number of likely N-dealkylation sites (N-methyl/N-ethyl adjacent to an activating group) is 1. The van der Waals surface area contributed by atoms with Crippen molar-refractivity contribution in [2.45, 2.75) is 0 Å². The Kier molecular flexibility index (Phi) is 5.57. The number of fused-ring (bicyclic) bond motifs is 1. The van der Waals surface area contributed by atoms with Gasteiger partial charge in [-0.05, 0) is 43.8 Å². The first-order valence-electron chi connectivity index (χ1n) is 7.77. The molecule has 130 valence electrons. The number of nitrogens with zero attached hydrogens (tertiary/aromatic N) is 3. The number of rotatable bonds is 6. The Balaban J connectivity index is 1.89. The highest BCUT2D eigenvalue weighted by Crippen LogP contribution is 2.30. The summed E-state index contributed by atoms with van der Waals surface area (Å²) in [7, 11) is 3.89. The van der Waals surface area contributed by atoms with Crippen molar-refractivity contribution in [2.24, 2.45) is 0 Å². The van der Waals surface area contributed by atoms with Crippen LogP contribution in [0.4, 0.5) is 9.52 Å². The Morgan fingerprint density at radius 2 is 2.08 bits per heavy atom. The van der Waals surface area contributed by atoms with Gasteiger partial charge in [0.05, 0.1) is 4.70 Å². The van der Waals surface area contributed by atoms with Crippen LogP contribution in [0.15, 0.2) is 41.8 Å². The van der Waals surface area contributed by atoms with E-state index in [1.165, 1.54) is 17.4 Å². The van der Waals surface area contributed by atoms with Gasteiger partial charge in [-0.2, -0.15) is 0 Å². The number of amides is 1. The van der Waals surface area contributed by atoms with Crippen molar-refractivity contribution in [3.8, 4) is 0 Å². The summed E-state index contributed by atoms with van der Waals surface area (Å²) in [4.78, 5) is 21.7. The molecule has 0 bridgehead atoms. The first-order chi connectivity index (χ1) is 12.0. The minimum atomic E-state index is -0.367. The van der Waals surface area contributed by atoms with Crippen LogP contribution in [0.3, 0.4) is 0 Å². The smallest absolute Gasteiger partial charge is 0.252 e. The van der Waals surface area contributed by atoms with E-state index in [-0.39, 0.29) is 11.7 Å². The number of hydrogen-bond acceptors (Lipinski definition) is 5. The van der Waals surface area contributed by atoms with E-state index < -0.39 is 0 Å². The van der Waals surface area contributed by atoms with E-state index in [4.69, 9.17) is 0 Å². The van der Waals surface area contributed by atoms with Crippen molar-refractivity contribution < 1.29 is 9.18 Å². The first-order valence-corrected chi connectivity index (χ1v) is 9.47. The minimum Gasteiger partial charge on any atom is -0.308 e. The predicted molar refractivity (Wildman–Crippen MR) is 104 cm³/mol. The molecule has 3 rings (SSSR count). The lowest BCUT2D eigenvalue weighted by atomic mass is 10.3. The van der Waals surface area contributed by atoms with Crippen LogP contribution in [0.5, 0.6) is 0 Å². The highest BCUT2D eigenvalue weighted by Gasteiger charge is 2.19. The second-order valence-electron chi connectivity index (χ2n) is 5.72. The van der Waals surface area contributed by atoms with Gasteiger partial charge in [0.25, 0.3) is 5.91 Å². The van der Waals surface area contributed by atoms with E-state index in [1.807, 2.05) is 42.6 Å². The number of anilines is 1. The molecule has 0 radical (unpaired) electrons. The van der Waals surface area contributed by atoms with E-state index >= 15 is 0 Å². The SMILES string of the molecule is CN(C)CCN(C(=O)/C=C/c1cccs1)c1nc2c(F)cccc2s1. The van der Waals surface area contributed by atoms with Gasteiger partial charge in [-0.1, -0.05) is 23.5 Å². The average Bonchev–Trinajstić information content (AvgIpc) is 3.22. The lowest BCUT2D eigenvalue weighted by molar-refractivity contribution is -0.114. The number of halogens is 1. The van der Waals surface area contributed by atoms with Crippen LogP contribution < -0.4 is 4.90 Å². The van der Waals surface area contributed by atoms with Crippen molar-refractivity contribution in [3.05, 3.63) is 52.5 Å². The van der Waals surface area contributed by atoms with E-state index in [1.54, 1.807) is 34.5 Å². The maximum Gasteiger partial charge on any atom is 0.252 e. The van der Waals surface area contributed by atoms with Crippen molar-refractivity contribution in [1.82, 2.24) is 9.88 Å². The van der Waals surface area contributed by atoms with Crippen molar-refractivity contribution in [1.29, 1.82) is 0 Å². The molecule has 1 amide bonds. The number of para-hydroxylation sites is 1. The maximum absolute atomic E-state index is 13.9. The van der Waals surface area contributed by atoms with Gasteiger partial charge in [-0.3, -0.25) is 9.69 Å². The highest BCUT2D eigenvalue weighted by atomic mass is 32.1. The molecule has 0 saturated carbocycles. The molecular formula is C18H18FN3OS2. The molecule has 2 heterocycles. The molecule has 0 aliphatic carbocycles. The summed E-state index contributed by atoms with van der Waals surface area (Å²) in [5.41, 5.74) is 0.312. The van der Waals surface area contributed by atoms with Crippen LogP contribution in [-0.2, 0) is 4.79 Å². The Hall–Kier alpha value is -2.09. The topological polar surface area (TPSA) is 36.4 Å². The van der Waals surface area contributed by atoms with Crippen molar-refractivity contribution >= 4 is 50.0 Å². The summed E-state index contributed by atoms with van der Waals surface area (Å²) < 4.78 is 14.7. The molecule has 4 nitrogen and oxygen atoms in total. The molecule has 1 aromatic carbocycles. The molecule has 2 aromatic heterocycles. The molecule has 0 saturated heterocycles. The summed E-state index contributed by atoms with van der Waals surface area (Å²) >= 11 is 2.90. The zero-order valence-corrected chi connectivity index (χ0v) is 15.6. The highest BCUT2D eigenvalue weighted by molar-refractivity contribution is 7.22. The fourth-order valence-corrected chi connectivity index (χ4v) is 3.88. The summed E-state index contributed by atoms with van der Waals surface area (Å²) in [5.74, 6) is -0.524. The molecule has 0 fully saturated rings. The molecule has 7 heteroatoms. The summed E-state index contributed by atoms with van der Waals surface area (Å²) in [6.45, 7) is 1.18. The van der Waals surface area contributed by atoms with Gasteiger partial charge in [0.15, 0.2) is 5.13 Å². The second-order valence-corrected chi connectivity index (χ2v) is 7.71. The van der Waals surface area contributed by atoms with Crippen LogP contribution >= 0.6 is 22.7 Å². The average molecular weight is 375 g/mol. The molecular weight excluding hydrogens is 357 g/mol. The lowest BCUT2D eigenvalue weighted by Gasteiger charge is -2.20. The Morgan fingerprint density at radius 1 is 1.24 bits per heavy atom. The third-order valence-corrected chi connectivity index (χ3v) is 5.44. The van der Waals surface area contributed by atoms with E-state index in [9.17, 15) is 9.18 Å². The standard InChI is InChI=1S/C18H18FN3OS2/c1-21(2)10-11-22(16(23)9-8-13-5-4-12-24-13)18-20-17-14(19)6-3-7-15(17)25-18/h3-9,12H,10-11H2,1-2H3/b9-8+. The predicted octanol–water partition coefficient (Wildman–Crippen LogP) is 4.10. The van der Waals surface area contributed by atoms with Crippen LogP contribution in [0.2, 0.25) is 0 Å². The van der Waals surface area contributed by atoms with Crippen molar-refractivity contribution in [2.75, 3.05) is 32.1 Å². The van der Waals surface area contributed by atoms with E-state index in [0.29, 0.717) is 23.7 Å². The van der Waals surface area contributed by atoms with Gasteiger partial charge in [0.2, 0.25) is 0 Å². The maximum atomic E-state index is 13.9. The number of carbonyl (C=O) groups excluding carboxylic acids is 1. The Bertz CT molecular complexity index is 887. The molecule has 0 aliphatic heterocycles. The van der Waals surface area contributed by atoms with Gasteiger partial charge in [-0.25, -0.2) is 9.37 Å². The molecule has 0 aliphatic rings. The molecule has 25 heavy (non-hydrogen) atoms. The largest absolute Gasteiger partial charge is 0.308 e. The Labute approximate surface area is 153 Å². The van der Waals surface area contributed by atoms with Gasteiger partial charge in [-0.15, -0.1) is 11.3 Å². The van der Waals surface area contributed by atoms with Crippen LogP contribution in [0, 0.1) is 5.82 Å². The molecule has 0 N–H and O–H groups in total. The fraction of sp³-hybridized carbons (Fsp3) is 0.222. The first kappa shape index (κ1) is 17.7. The van der Waals surface area contributed by atoms with Gasteiger partial charge in [0, 0.05) is 24.0 Å². The normalized spacial score (nSPS) is 11.7. The quantitative estimate of drug-likeness (QED) is 0.609. The van der Waals surface area contributed by atoms with E-state index in [2.05, 4.69) is 4.98 Å². The van der Waals surface area contributed by atoms with Gasteiger partial charge >= 0.3 is 0 Å². The molecule has 3 aromatic rings. The summed E-state index contributed by atoms with van der Waals surface area (Å²) in [6.07, 6.45) is 3.34. The van der Waals surface area contributed by atoms with E-state index in [0.717, 1.165) is 9.58 Å². The van der Waals surface area contributed by atoms with Crippen LogP contribution in [-0.4, -0.2) is 43.0 Å². The second kappa shape index (κ2) is 7.86. The minimum absolute atomic E-state index is 0.158. The summed E-state index contributed by atoms with van der Waals surface area (Å²) in [5, 5.41) is 2.48.